The summed E-state index contributed by atoms with van der Waals surface area (Å²) in [6.07, 6.45) is 2.56. The largest absolute Gasteiger partial charge is 0.466 e. The van der Waals surface area contributed by atoms with Crippen molar-refractivity contribution in [2.45, 2.75) is 32.2 Å². The fourth-order valence-corrected chi connectivity index (χ4v) is 2.85. The first-order valence-electron chi connectivity index (χ1n) is 6.86. The number of nitrogens with zero attached hydrogens (tertiary/aromatic N) is 2. The Morgan fingerprint density at radius 2 is 2.14 bits per heavy atom. The number of aromatic nitrogens is 1. The number of hydrogen-bond acceptors (Lipinski definition) is 4. The molecule has 1 heterocycles. The predicted octanol–water partition coefficient (Wildman–Crippen LogP) is 2.67. The van der Waals surface area contributed by atoms with Crippen molar-refractivity contribution >= 4 is 11.7 Å². The van der Waals surface area contributed by atoms with E-state index in [0.29, 0.717) is 19.0 Å². The lowest BCUT2D eigenvalue weighted by Crippen LogP contribution is -2.40. The highest BCUT2D eigenvalue weighted by atomic mass is 19.2. The Kier molecular flexibility index (Phi) is 4.69. The minimum atomic E-state index is -1.36. The lowest BCUT2D eigenvalue weighted by molar-refractivity contribution is -0.148. The van der Waals surface area contributed by atoms with E-state index in [0.717, 1.165) is 6.42 Å². The molecule has 1 aromatic heterocycles. The van der Waals surface area contributed by atoms with Gasteiger partial charge in [-0.05, 0) is 19.8 Å². The first-order valence-corrected chi connectivity index (χ1v) is 6.86. The van der Waals surface area contributed by atoms with Crippen LogP contribution in [0, 0.1) is 23.5 Å². The SMILES string of the molecule is CCOC(=O)C1CCCC1N(C)c1c(F)cnc(F)c1F. The Bertz CT molecular complexity index is 539. The predicted molar refractivity (Wildman–Crippen MR) is 70.3 cm³/mol. The monoisotopic (exact) mass is 302 g/mol. The van der Waals surface area contributed by atoms with Crippen molar-refractivity contribution in [3.63, 3.8) is 0 Å². The Labute approximate surface area is 120 Å². The first-order chi connectivity index (χ1) is 9.97. The van der Waals surface area contributed by atoms with Crippen LogP contribution in [0.3, 0.4) is 0 Å². The molecule has 1 aromatic rings. The van der Waals surface area contributed by atoms with E-state index in [1.54, 1.807) is 6.92 Å². The van der Waals surface area contributed by atoms with E-state index >= 15 is 0 Å². The zero-order valence-corrected chi connectivity index (χ0v) is 11.9. The molecule has 21 heavy (non-hydrogen) atoms. The molecule has 2 atom stereocenters. The lowest BCUT2D eigenvalue weighted by Gasteiger charge is -2.30. The highest BCUT2D eigenvalue weighted by Gasteiger charge is 2.38. The van der Waals surface area contributed by atoms with E-state index in [1.165, 1.54) is 11.9 Å². The summed E-state index contributed by atoms with van der Waals surface area (Å²) in [4.78, 5) is 16.2. The van der Waals surface area contributed by atoms with Crippen molar-refractivity contribution in [2.75, 3.05) is 18.6 Å². The molecule has 2 rings (SSSR count). The molecule has 0 spiro atoms. The maximum absolute atomic E-state index is 13.8. The molecule has 0 aliphatic heterocycles. The summed E-state index contributed by atoms with van der Waals surface area (Å²) in [5, 5.41) is 0. The zero-order chi connectivity index (χ0) is 15.6. The summed E-state index contributed by atoms with van der Waals surface area (Å²) in [5.41, 5.74) is -0.497. The Morgan fingerprint density at radius 1 is 1.43 bits per heavy atom. The van der Waals surface area contributed by atoms with Crippen molar-refractivity contribution < 1.29 is 22.7 Å². The van der Waals surface area contributed by atoms with Gasteiger partial charge in [0.1, 0.15) is 5.69 Å². The third kappa shape index (κ3) is 2.96. The maximum atomic E-state index is 13.8. The first kappa shape index (κ1) is 15.6. The van der Waals surface area contributed by atoms with Crippen LogP contribution in [0.2, 0.25) is 0 Å². The van der Waals surface area contributed by atoms with Gasteiger partial charge in [0.15, 0.2) is 5.82 Å². The number of carbonyl (C=O) groups is 1. The number of pyridine rings is 1. The molecule has 116 valence electrons. The van der Waals surface area contributed by atoms with Crippen molar-refractivity contribution in [1.82, 2.24) is 4.98 Å². The molecule has 0 bridgehead atoms. The quantitative estimate of drug-likeness (QED) is 0.633. The van der Waals surface area contributed by atoms with Gasteiger partial charge in [-0.25, -0.2) is 9.37 Å². The van der Waals surface area contributed by atoms with Gasteiger partial charge in [0.25, 0.3) is 5.95 Å². The summed E-state index contributed by atoms with van der Waals surface area (Å²) in [7, 11) is 1.45. The third-order valence-corrected chi connectivity index (χ3v) is 3.83. The van der Waals surface area contributed by atoms with Gasteiger partial charge < -0.3 is 9.64 Å². The normalized spacial score (nSPS) is 21.4. The summed E-state index contributed by atoms with van der Waals surface area (Å²) < 4.78 is 45.8. The molecule has 0 N–H and O–H groups in total. The van der Waals surface area contributed by atoms with E-state index in [-0.39, 0.29) is 12.6 Å². The average Bonchev–Trinajstić information content (AvgIpc) is 2.93. The summed E-state index contributed by atoms with van der Waals surface area (Å²) >= 11 is 0. The highest BCUT2D eigenvalue weighted by molar-refractivity contribution is 5.74. The number of esters is 1. The summed E-state index contributed by atoms with van der Waals surface area (Å²) in [6.45, 7) is 1.95. The van der Waals surface area contributed by atoms with Crippen molar-refractivity contribution in [3.8, 4) is 0 Å². The molecule has 4 nitrogen and oxygen atoms in total. The maximum Gasteiger partial charge on any atom is 0.311 e. The standard InChI is InChI=1S/C14H17F3N2O2/c1-3-21-14(20)8-5-4-6-10(8)19(2)12-9(15)7-18-13(17)11(12)16/h7-8,10H,3-6H2,1-2H3. The minimum absolute atomic E-state index is 0.248. The Balaban J connectivity index is 2.29. The van der Waals surface area contributed by atoms with Crippen LogP contribution >= 0.6 is 0 Å². The van der Waals surface area contributed by atoms with Gasteiger partial charge in [0, 0.05) is 13.1 Å². The minimum Gasteiger partial charge on any atom is -0.466 e. The molecule has 0 saturated heterocycles. The van der Waals surface area contributed by atoms with E-state index in [9.17, 15) is 18.0 Å². The van der Waals surface area contributed by atoms with Crippen LogP contribution in [-0.2, 0) is 9.53 Å². The van der Waals surface area contributed by atoms with Gasteiger partial charge in [-0.15, -0.1) is 0 Å². The topological polar surface area (TPSA) is 42.4 Å². The van der Waals surface area contributed by atoms with Crippen LogP contribution in [0.15, 0.2) is 6.20 Å². The second kappa shape index (κ2) is 6.32. The molecular formula is C14H17F3N2O2. The van der Waals surface area contributed by atoms with Gasteiger partial charge >= 0.3 is 5.97 Å². The second-order valence-electron chi connectivity index (χ2n) is 5.03. The number of ether oxygens (including phenoxy) is 1. The van der Waals surface area contributed by atoms with E-state index in [4.69, 9.17) is 4.74 Å². The van der Waals surface area contributed by atoms with Crippen LogP contribution in [0.25, 0.3) is 0 Å². The van der Waals surface area contributed by atoms with E-state index < -0.39 is 35.2 Å². The molecule has 1 aliphatic rings. The molecule has 1 fully saturated rings. The number of carbonyl (C=O) groups excluding carboxylic acids is 1. The van der Waals surface area contributed by atoms with Crippen LogP contribution in [-0.4, -0.2) is 30.6 Å². The molecule has 7 heteroatoms. The molecule has 1 saturated carbocycles. The van der Waals surface area contributed by atoms with Crippen LogP contribution in [0.5, 0.6) is 0 Å². The molecule has 0 radical (unpaired) electrons. The van der Waals surface area contributed by atoms with Crippen molar-refractivity contribution in [3.05, 3.63) is 23.8 Å². The molecule has 0 amide bonds. The lowest BCUT2D eigenvalue weighted by atomic mass is 10.0. The number of anilines is 1. The number of halogens is 3. The molecular weight excluding hydrogens is 285 g/mol. The fraction of sp³-hybridized carbons (Fsp3) is 0.571. The van der Waals surface area contributed by atoms with Crippen molar-refractivity contribution in [2.24, 2.45) is 5.92 Å². The van der Waals surface area contributed by atoms with Gasteiger partial charge in [-0.3, -0.25) is 4.79 Å². The summed E-state index contributed by atoms with van der Waals surface area (Å²) in [5.74, 6) is -4.51. The molecule has 2 unspecified atom stereocenters. The zero-order valence-electron chi connectivity index (χ0n) is 11.9. The number of hydrogen-bond donors (Lipinski definition) is 0. The fourth-order valence-electron chi connectivity index (χ4n) is 2.85. The highest BCUT2D eigenvalue weighted by Crippen LogP contribution is 2.35. The van der Waals surface area contributed by atoms with Gasteiger partial charge in [0.2, 0.25) is 5.82 Å². The average molecular weight is 302 g/mol. The van der Waals surface area contributed by atoms with Crippen molar-refractivity contribution in [1.29, 1.82) is 0 Å². The van der Waals surface area contributed by atoms with Gasteiger partial charge in [-0.1, -0.05) is 6.42 Å². The Morgan fingerprint density at radius 3 is 2.81 bits per heavy atom. The molecule has 0 aromatic carbocycles. The molecule has 1 aliphatic carbocycles. The Hall–Kier alpha value is -1.79. The number of rotatable bonds is 4. The van der Waals surface area contributed by atoms with Gasteiger partial charge in [-0.2, -0.15) is 8.78 Å². The van der Waals surface area contributed by atoms with Crippen LogP contribution in [0.1, 0.15) is 26.2 Å². The third-order valence-electron chi connectivity index (χ3n) is 3.83. The smallest absolute Gasteiger partial charge is 0.311 e. The van der Waals surface area contributed by atoms with Crippen LogP contribution < -0.4 is 4.90 Å². The van der Waals surface area contributed by atoms with E-state index in [2.05, 4.69) is 4.98 Å². The van der Waals surface area contributed by atoms with Crippen LogP contribution in [0.4, 0.5) is 18.9 Å². The second-order valence-corrected chi connectivity index (χ2v) is 5.03. The van der Waals surface area contributed by atoms with Gasteiger partial charge in [0.05, 0.1) is 18.7 Å². The summed E-state index contributed by atoms with van der Waals surface area (Å²) in [6, 6.07) is -0.421. The van der Waals surface area contributed by atoms with E-state index in [1.807, 2.05) is 0 Å².